The van der Waals surface area contributed by atoms with Crippen LogP contribution < -0.4 is 10.1 Å². The van der Waals surface area contributed by atoms with E-state index in [0.29, 0.717) is 23.6 Å². The number of carbonyl (C=O) groups excluding carboxylic acids is 1. The number of para-hydroxylation sites is 1. The van der Waals surface area contributed by atoms with Crippen molar-refractivity contribution in [2.75, 3.05) is 5.32 Å². The van der Waals surface area contributed by atoms with E-state index in [4.69, 9.17) is 20.9 Å². The summed E-state index contributed by atoms with van der Waals surface area (Å²) in [5.74, 6) is 0.549. The van der Waals surface area contributed by atoms with Crippen LogP contribution in [-0.2, 0) is 13.2 Å². The van der Waals surface area contributed by atoms with Crippen LogP contribution in [0.5, 0.6) is 5.75 Å². The van der Waals surface area contributed by atoms with Crippen LogP contribution in [0.25, 0.3) is 0 Å². The Labute approximate surface area is 188 Å². The summed E-state index contributed by atoms with van der Waals surface area (Å²) >= 11 is 6.24. The minimum Gasteiger partial charge on any atom is -0.488 e. The van der Waals surface area contributed by atoms with Crippen LogP contribution in [0.1, 0.15) is 32.9 Å². The fourth-order valence-corrected chi connectivity index (χ4v) is 3.31. The van der Waals surface area contributed by atoms with Crippen molar-refractivity contribution in [2.24, 2.45) is 0 Å². The van der Waals surface area contributed by atoms with Crippen molar-refractivity contribution in [2.45, 2.75) is 27.0 Å². The van der Waals surface area contributed by atoms with Gasteiger partial charge in [0.1, 0.15) is 29.0 Å². The van der Waals surface area contributed by atoms with Gasteiger partial charge in [0.15, 0.2) is 11.5 Å². The molecule has 0 saturated heterocycles. The number of carbonyl (C=O) groups is 1. The SMILES string of the molecule is Cc1ccccc1OCc1c(C(=O)Nc2nn(Cc3ccc(F)cc3)cc2Cl)noc1C. The molecule has 0 spiro atoms. The Hall–Kier alpha value is -3.65. The number of amides is 1. The largest absolute Gasteiger partial charge is 0.488 e. The van der Waals surface area contributed by atoms with Crippen molar-refractivity contribution in [3.8, 4) is 5.75 Å². The molecule has 7 nitrogen and oxygen atoms in total. The van der Waals surface area contributed by atoms with Gasteiger partial charge in [-0.3, -0.25) is 9.48 Å². The number of anilines is 1. The zero-order valence-corrected chi connectivity index (χ0v) is 18.2. The van der Waals surface area contributed by atoms with Crippen molar-refractivity contribution < 1.29 is 18.4 Å². The number of nitrogens with zero attached hydrogens (tertiary/aromatic N) is 3. The van der Waals surface area contributed by atoms with Crippen molar-refractivity contribution >= 4 is 23.3 Å². The number of aryl methyl sites for hydroxylation is 2. The highest BCUT2D eigenvalue weighted by Crippen LogP contribution is 2.24. The molecule has 0 unspecified atom stereocenters. The van der Waals surface area contributed by atoms with Gasteiger partial charge < -0.3 is 14.6 Å². The number of benzene rings is 2. The van der Waals surface area contributed by atoms with Crippen molar-refractivity contribution in [1.29, 1.82) is 0 Å². The van der Waals surface area contributed by atoms with E-state index in [1.54, 1.807) is 29.9 Å². The van der Waals surface area contributed by atoms with Crippen LogP contribution in [0, 0.1) is 19.7 Å². The summed E-state index contributed by atoms with van der Waals surface area (Å²) in [5.41, 5.74) is 2.45. The smallest absolute Gasteiger partial charge is 0.279 e. The Kier molecular flexibility index (Phi) is 6.23. The predicted molar refractivity (Wildman–Crippen MR) is 117 cm³/mol. The van der Waals surface area contributed by atoms with Crippen LogP contribution in [0.15, 0.2) is 59.3 Å². The highest BCUT2D eigenvalue weighted by atomic mass is 35.5. The number of hydrogen-bond donors (Lipinski definition) is 1. The first kappa shape index (κ1) is 21.6. The zero-order chi connectivity index (χ0) is 22.7. The standard InChI is InChI=1S/C23H20ClFN4O3/c1-14-5-3-4-6-20(14)31-13-18-15(2)32-28-21(18)23(30)26-22-19(24)12-29(27-22)11-16-7-9-17(25)10-8-16/h3-10,12H,11,13H2,1-2H3,(H,26,27,30). The van der Waals surface area contributed by atoms with E-state index in [2.05, 4.69) is 15.6 Å². The van der Waals surface area contributed by atoms with Gasteiger partial charge in [0.05, 0.1) is 12.1 Å². The van der Waals surface area contributed by atoms with Crippen molar-refractivity contribution in [3.63, 3.8) is 0 Å². The quantitative estimate of drug-likeness (QED) is 0.417. The zero-order valence-electron chi connectivity index (χ0n) is 17.4. The van der Waals surface area contributed by atoms with E-state index in [0.717, 1.165) is 11.1 Å². The molecule has 2 heterocycles. The Bertz CT molecular complexity index is 1250. The highest BCUT2D eigenvalue weighted by molar-refractivity contribution is 6.33. The van der Waals surface area contributed by atoms with E-state index in [1.165, 1.54) is 12.1 Å². The average molecular weight is 455 g/mol. The van der Waals surface area contributed by atoms with Gasteiger partial charge in [-0.1, -0.05) is 47.1 Å². The number of halogens is 2. The lowest BCUT2D eigenvalue weighted by molar-refractivity contribution is 0.101. The number of ether oxygens (including phenoxy) is 1. The molecule has 0 aliphatic rings. The minimum atomic E-state index is -0.515. The van der Waals surface area contributed by atoms with Crippen LogP contribution in [0.4, 0.5) is 10.2 Å². The Morgan fingerprint density at radius 1 is 1.19 bits per heavy atom. The van der Waals surface area contributed by atoms with Gasteiger partial charge in [-0.15, -0.1) is 0 Å². The molecule has 0 fully saturated rings. The normalized spacial score (nSPS) is 10.9. The Balaban J connectivity index is 1.47. The lowest BCUT2D eigenvalue weighted by Crippen LogP contribution is -2.16. The van der Waals surface area contributed by atoms with Crippen LogP contribution in [0.3, 0.4) is 0 Å². The van der Waals surface area contributed by atoms with Gasteiger partial charge >= 0.3 is 0 Å². The van der Waals surface area contributed by atoms with Gasteiger partial charge in [0.2, 0.25) is 0 Å². The maximum atomic E-state index is 13.1. The summed E-state index contributed by atoms with van der Waals surface area (Å²) in [5, 5.41) is 11.1. The first-order valence-electron chi connectivity index (χ1n) is 9.83. The lowest BCUT2D eigenvalue weighted by atomic mass is 10.2. The number of aromatic nitrogens is 3. The molecule has 1 N–H and O–H groups in total. The molecule has 0 aliphatic heterocycles. The first-order valence-corrected chi connectivity index (χ1v) is 10.2. The van der Waals surface area contributed by atoms with E-state index >= 15 is 0 Å². The summed E-state index contributed by atoms with van der Waals surface area (Å²) < 4.78 is 25.7. The molecule has 2 aromatic carbocycles. The molecular weight excluding hydrogens is 435 g/mol. The fraction of sp³-hybridized carbons (Fsp3) is 0.174. The summed E-state index contributed by atoms with van der Waals surface area (Å²) in [4.78, 5) is 12.8. The van der Waals surface area contributed by atoms with Gasteiger partial charge in [0.25, 0.3) is 5.91 Å². The molecule has 4 aromatic rings. The van der Waals surface area contributed by atoms with Gasteiger partial charge in [0, 0.05) is 6.20 Å². The van der Waals surface area contributed by atoms with E-state index in [9.17, 15) is 9.18 Å². The number of rotatable bonds is 7. The van der Waals surface area contributed by atoms with E-state index < -0.39 is 5.91 Å². The minimum absolute atomic E-state index is 0.0974. The second kappa shape index (κ2) is 9.23. The summed E-state index contributed by atoms with van der Waals surface area (Å²) in [6, 6.07) is 13.6. The Morgan fingerprint density at radius 2 is 1.94 bits per heavy atom. The average Bonchev–Trinajstić information content (AvgIpc) is 3.31. The number of nitrogens with one attached hydrogen (secondary N) is 1. The highest BCUT2D eigenvalue weighted by Gasteiger charge is 2.22. The number of hydrogen-bond acceptors (Lipinski definition) is 5. The maximum absolute atomic E-state index is 13.1. The predicted octanol–water partition coefficient (Wildman–Crippen LogP) is 5.16. The molecule has 0 bridgehead atoms. The molecule has 0 radical (unpaired) electrons. The van der Waals surface area contributed by atoms with Gasteiger partial charge in [-0.25, -0.2) is 4.39 Å². The molecule has 0 saturated carbocycles. The van der Waals surface area contributed by atoms with Gasteiger partial charge in [-0.05, 0) is 43.2 Å². The van der Waals surface area contributed by atoms with E-state index in [1.807, 2.05) is 31.2 Å². The topological polar surface area (TPSA) is 82.2 Å². The van der Waals surface area contributed by atoms with Crippen molar-refractivity contribution in [3.05, 3.63) is 93.7 Å². The second-order valence-corrected chi connectivity index (χ2v) is 7.63. The lowest BCUT2D eigenvalue weighted by Gasteiger charge is -2.09. The molecule has 0 aliphatic carbocycles. The molecular formula is C23H20ClFN4O3. The van der Waals surface area contributed by atoms with Gasteiger partial charge in [-0.2, -0.15) is 5.10 Å². The molecule has 0 atom stereocenters. The van der Waals surface area contributed by atoms with Crippen molar-refractivity contribution in [1.82, 2.24) is 14.9 Å². The summed E-state index contributed by atoms with van der Waals surface area (Å²) in [6.07, 6.45) is 1.58. The van der Waals surface area contributed by atoms with Crippen LogP contribution in [0.2, 0.25) is 5.02 Å². The molecule has 1 amide bonds. The maximum Gasteiger partial charge on any atom is 0.279 e. The molecule has 4 rings (SSSR count). The monoisotopic (exact) mass is 454 g/mol. The fourth-order valence-electron chi connectivity index (χ4n) is 3.11. The molecule has 32 heavy (non-hydrogen) atoms. The summed E-state index contributed by atoms with van der Waals surface area (Å²) in [6.45, 7) is 4.14. The second-order valence-electron chi connectivity index (χ2n) is 7.22. The third-order valence-electron chi connectivity index (χ3n) is 4.87. The molecule has 9 heteroatoms. The third-order valence-corrected chi connectivity index (χ3v) is 5.15. The first-order chi connectivity index (χ1) is 15.4. The van der Waals surface area contributed by atoms with Crippen LogP contribution >= 0.6 is 11.6 Å². The third kappa shape index (κ3) is 4.81. The Morgan fingerprint density at radius 3 is 2.69 bits per heavy atom. The van der Waals surface area contributed by atoms with E-state index in [-0.39, 0.29) is 29.0 Å². The van der Waals surface area contributed by atoms with Crippen LogP contribution in [-0.4, -0.2) is 20.8 Å². The molecule has 2 aromatic heterocycles. The molecule has 164 valence electrons. The summed E-state index contributed by atoms with van der Waals surface area (Å²) in [7, 11) is 0.